The number of nitrogens with one attached hydrogen (secondary N) is 1. The van der Waals surface area contributed by atoms with Gasteiger partial charge in [0.1, 0.15) is 0 Å². The Balaban J connectivity index is 1.92. The molecule has 98 valence electrons. The Bertz CT molecular complexity index is 414. The molecule has 18 heavy (non-hydrogen) atoms. The van der Waals surface area contributed by atoms with E-state index in [0.717, 1.165) is 19.6 Å². The van der Waals surface area contributed by atoms with Crippen LogP contribution in [0.2, 0.25) is 0 Å². The van der Waals surface area contributed by atoms with Gasteiger partial charge >= 0.3 is 0 Å². The molecule has 1 spiro atoms. The minimum Gasteiger partial charge on any atom is -0.372 e. The Morgan fingerprint density at radius 1 is 1.17 bits per heavy atom. The van der Waals surface area contributed by atoms with E-state index in [4.69, 9.17) is 4.74 Å². The van der Waals surface area contributed by atoms with Gasteiger partial charge in [0.05, 0.1) is 18.2 Å². The lowest BCUT2D eigenvalue weighted by Crippen LogP contribution is -2.51. The van der Waals surface area contributed by atoms with Gasteiger partial charge in [0.2, 0.25) is 0 Å². The van der Waals surface area contributed by atoms with E-state index < -0.39 is 0 Å². The molecular formula is C16H23NO. The van der Waals surface area contributed by atoms with Crippen molar-refractivity contribution in [2.75, 3.05) is 13.2 Å². The van der Waals surface area contributed by atoms with Gasteiger partial charge in [-0.25, -0.2) is 0 Å². The van der Waals surface area contributed by atoms with Crippen molar-refractivity contribution in [3.63, 3.8) is 0 Å². The van der Waals surface area contributed by atoms with E-state index in [0.29, 0.717) is 11.5 Å². The van der Waals surface area contributed by atoms with Crippen molar-refractivity contribution >= 4 is 0 Å². The van der Waals surface area contributed by atoms with Gasteiger partial charge in [0.15, 0.2) is 0 Å². The fourth-order valence-electron chi connectivity index (χ4n) is 3.70. The molecule has 1 aliphatic carbocycles. The summed E-state index contributed by atoms with van der Waals surface area (Å²) in [5.41, 5.74) is 1.80. The Kier molecular flexibility index (Phi) is 2.95. The van der Waals surface area contributed by atoms with E-state index in [1.165, 1.54) is 18.4 Å². The third-order valence-electron chi connectivity index (χ3n) is 4.50. The molecule has 0 amide bonds. The Morgan fingerprint density at radius 2 is 1.94 bits per heavy atom. The molecule has 0 bridgehead atoms. The van der Waals surface area contributed by atoms with Gasteiger partial charge in [-0.05, 0) is 30.2 Å². The molecule has 1 heterocycles. The second kappa shape index (κ2) is 4.36. The highest BCUT2D eigenvalue weighted by Gasteiger charge is 2.50. The molecule has 0 radical (unpaired) electrons. The maximum Gasteiger partial charge on any atom is 0.0882 e. The molecule has 1 saturated heterocycles. The van der Waals surface area contributed by atoms with E-state index >= 15 is 0 Å². The molecule has 2 aliphatic rings. The first-order valence-electron chi connectivity index (χ1n) is 7.04. The van der Waals surface area contributed by atoms with Crippen LogP contribution in [0.3, 0.4) is 0 Å². The second-order valence-electron chi connectivity index (χ2n) is 6.55. The van der Waals surface area contributed by atoms with E-state index in [-0.39, 0.29) is 5.60 Å². The van der Waals surface area contributed by atoms with Gasteiger partial charge in [-0.15, -0.1) is 0 Å². The lowest BCUT2D eigenvalue weighted by Gasteiger charge is -2.43. The Morgan fingerprint density at radius 3 is 2.61 bits per heavy atom. The van der Waals surface area contributed by atoms with Gasteiger partial charge in [0.25, 0.3) is 0 Å². The smallest absolute Gasteiger partial charge is 0.0882 e. The third kappa shape index (κ3) is 2.08. The average Bonchev–Trinajstić information content (AvgIpc) is 2.67. The summed E-state index contributed by atoms with van der Waals surface area (Å²) in [5.74, 6) is 0. The number of hydrogen-bond acceptors (Lipinski definition) is 2. The van der Waals surface area contributed by atoms with Crippen LogP contribution >= 0.6 is 0 Å². The van der Waals surface area contributed by atoms with Crippen LogP contribution in [0, 0.1) is 5.41 Å². The minimum absolute atomic E-state index is 0.0170. The van der Waals surface area contributed by atoms with Crippen molar-refractivity contribution in [3.8, 4) is 0 Å². The molecule has 2 nitrogen and oxygen atoms in total. The Hall–Kier alpha value is -0.860. The molecule has 1 saturated carbocycles. The van der Waals surface area contributed by atoms with E-state index in [1.807, 2.05) is 0 Å². The van der Waals surface area contributed by atoms with Gasteiger partial charge in [-0.1, -0.05) is 44.2 Å². The molecule has 2 fully saturated rings. The molecule has 1 aromatic carbocycles. The van der Waals surface area contributed by atoms with Crippen LogP contribution in [0.4, 0.5) is 0 Å². The minimum atomic E-state index is 0.0170. The quantitative estimate of drug-likeness (QED) is 0.819. The summed E-state index contributed by atoms with van der Waals surface area (Å²) < 4.78 is 6.27. The summed E-state index contributed by atoms with van der Waals surface area (Å²) in [5, 5.41) is 3.68. The summed E-state index contributed by atoms with van der Waals surface area (Å²) in [6, 6.07) is 11.1. The highest BCUT2D eigenvalue weighted by atomic mass is 16.5. The average molecular weight is 245 g/mol. The van der Waals surface area contributed by atoms with Crippen molar-refractivity contribution < 1.29 is 4.74 Å². The molecule has 3 rings (SSSR count). The van der Waals surface area contributed by atoms with E-state index in [2.05, 4.69) is 49.5 Å². The summed E-state index contributed by atoms with van der Waals surface area (Å²) in [4.78, 5) is 0. The first-order valence-corrected chi connectivity index (χ1v) is 7.04. The van der Waals surface area contributed by atoms with Crippen molar-refractivity contribution in [2.45, 2.75) is 44.8 Å². The number of rotatable bonds is 1. The summed E-state index contributed by atoms with van der Waals surface area (Å²) >= 11 is 0. The van der Waals surface area contributed by atoms with Gasteiger partial charge in [-0.2, -0.15) is 0 Å². The fourth-order valence-corrected chi connectivity index (χ4v) is 3.70. The van der Waals surface area contributed by atoms with Crippen LogP contribution < -0.4 is 5.32 Å². The molecular weight excluding hydrogens is 222 g/mol. The van der Waals surface area contributed by atoms with Crippen LogP contribution in [0.25, 0.3) is 0 Å². The zero-order chi connectivity index (χ0) is 12.6. The van der Waals surface area contributed by atoms with Gasteiger partial charge in [-0.3, -0.25) is 0 Å². The highest BCUT2D eigenvalue weighted by Crippen LogP contribution is 2.52. The van der Waals surface area contributed by atoms with Crippen molar-refractivity contribution in [1.29, 1.82) is 0 Å². The van der Waals surface area contributed by atoms with E-state index in [9.17, 15) is 0 Å². The number of ether oxygens (including phenoxy) is 1. The van der Waals surface area contributed by atoms with Crippen LogP contribution in [0.1, 0.15) is 44.7 Å². The molecule has 2 atom stereocenters. The SMILES string of the molecule is CC1(C)CCC2(C1)OCCNC2c1ccccc1. The van der Waals surface area contributed by atoms with Crippen LogP contribution in [-0.4, -0.2) is 18.8 Å². The van der Waals surface area contributed by atoms with E-state index in [1.54, 1.807) is 0 Å². The fraction of sp³-hybridized carbons (Fsp3) is 0.625. The Labute approximate surface area is 110 Å². The maximum absolute atomic E-state index is 6.27. The predicted octanol–water partition coefficient (Wildman–Crippen LogP) is 3.30. The maximum atomic E-state index is 6.27. The third-order valence-corrected chi connectivity index (χ3v) is 4.50. The topological polar surface area (TPSA) is 21.3 Å². The van der Waals surface area contributed by atoms with Crippen molar-refractivity contribution in [2.24, 2.45) is 5.41 Å². The largest absolute Gasteiger partial charge is 0.372 e. The summed E-state index contributed by atoms with van der Waals surface area (Å²) in [7, 11) is 0. The lowest BCUT2D eigenvalue weighted by atomic mass is 9.82. The zero-order valence-corrected chi connectivity index (χ0v) is 11.4. The highest BCUT2D eigenvalue weighted by molar-refractivity contribution is 5.24. The van der Waals surface area contributed by atoms with Crippen LogP contribution in [0.15, 0.2) is 30.3 Å². The normalized spacial score (nSPS) is 34.9. The molecule has 2 unspecified atom stereocenters. The molecule has 0 aromatic heterocycles. The van der Waals surface area contributed by atoms with Crippen LogP contribution in [0.5, 0.6) is 0 Å². The number of hydrogen-bond donors (Lipinski definition) is 1. The van der Waals surface area contributed by atoms with Crippen molar-refractivity contribution in [3.05, 3.63) is 35.9 Å². The van der Waals surface area contributed by atoms with Crippen LogP contribution in [-0.2, 0) is 4.74 Å². The predicted molar refractivity (Wildman–Crippen MR) is 73.5 cm³/mol. The zero-order valence-electron chi connectivity index (χ0n) is 11.4. The molecule has 1 aromatic rings. The lowest BCUT2D eigenvalue weighted by molar-refractivity contribution is -0.0987. The monoisotopic (exact) mass is 245 g/mol. The number of morpholine rings is 1. The van der Waals surface area contributed by atoms with Gasteiger partial charge < -0.3 is 10.1 Å². The second-order valence-corrected chi connectivity index (χ2v) is 6.55. The van der Waals surface area contributed by atoms with Gasteiger partial charge in [0, 0.05) is 6.54 Å². The standard InChI is InChI=1S/C16H23NO/c1-15(2)8-9-16(12-15)14(17-10-11-18-16)13-6-4-3-5-7-13/h3-7,14,17H,8-12H2,1-2H3. The van der Waals surface area contributed by atoms with Crippen molar-refractivity contribution in [1.82, 2.24) is 5.32 Å². The first kappa shape index (κ1) is 12.2. The molecule has 1 aliphatic heterocycles. The summed E-state index contributed by atoms with van der Waals surface area (Å²) in [6.07, 6.45) is 3.59. The molecule has 2 heteroatoms. The number of benzene rings is 1. The molecule has 1 N–H and O–H groups in total. The summed E-state index contributed by atoms with van der Waals surface area (Å²) in [6.45, 7) is 6.53. The first-order chi connectivity index (χ1) is 8.61.